The van der Waals surface area contributed by atoms with Crippen molar-refractivity contribution in [1.82, 2.24) is 0 Å². The van der Waals surface area contributed by atoms with Crippen LogP contribution in [-0.4, -0.2) is 38.3 Å². The van der Waals surface area contributed by atoms with Crippen molar-refractivity contribution in [2.75, 3.05) is 31.0 Å². The summed E-state index contributed by atoms with van der Waals surface area (Å²) in [5, 5.41) is 5.20. The first-order chi connectivity index (χ1) is 13.0. The molecule has 0 aliphatic heterocycles. The Kier molecular flexibility index (Phi) is 7.18. The molecule has 27 heavy (non-hydrogen) atoms. The number of benzene rings is 2. The molecule has 0 atom stereocenters. The van der Waals surface area contributed by atoms with Gasteiger partial charge in [-0.1, -0.05) is 6.07 Å². The Morgan fingerprint density at radius 1 is 0.963 bits per heavy atom. The quantitative estimate of drug-likeness (QED) is 0.724. The van der Waals surface area contributed by atoms with E-state index in [4.69, 9.17) is 9.47 Å². The number of ether oxygens (including phenoxy) is 3. The molecule has 2 N–H and O–H groups in total. The van der Waals surface area contributed by atoms with Gasteiger partial charge in [0.1, 0.15) is 5.75 Å². The predicted octanol–water partition coefficient (Wildman–Crippen LogP) is 3.06. The highest BCUT2D eigenvalue weighted by Crippen LogP contribution is 2.18. The third-order valence-electron chi connectivity index (χ3n) is 3.32. The van der Waals surface area contributed by atoms with Crippen molar-refractivity contribution < 1.29 is 28.6 Å². The molecule has 2 amide bonds. The van der Waals surface area contributed by atoms with Crippen LogP contribution in [0.15, 0.2) is 48.5 Å². The molecule has 0 unspecified atom stereocenters. The monoisotopic (exact) mass is 372 g/mol. The fourth-order valence-electron chi connectivity index (χ4n) is 2.10. The molecule has 2 rings (SSSR count). The molecule has 0 bridgehead atoms. The zero-order valence-corrected chi connectivity index (χ0v) is 15.0. The first-order valence-electron chi connectivity index (χ1n) is 8.16. The Morgan fingerprint density at radius 2 is 1.70 bits per heavy atom. The van der Waals surface area contributed by atoms with Gasteiger partial charge in [-0.2, -0.15) is 0 Å². The van der Waals surface area contributed by atoms with Crippen molar-refractivity contribution in [3.05, 3.63) is 54.1 Å². The third-order valence-corrected chi connectivity index (χ3v) is 3.32. The summed E-state index contributed by atoms with van der Waals surface area (Å²) in [6, 6.07) is 12.9. The minimum Gasteiger partial charge on any atom is -0.484 e. The van der Waals surface area contributed by atoms with Gasteiger partial charge in [-0.15, -0.1) is 0 Å². The number of anilines is 2. The molecule has 0 fully saturated rings. The molecule has 0 saturated heterocycles. The summed E-state index contributed by atoms with van der Waals surface area (Å²) in [7, 11) is 1.30. The van der Waals surface area contributed by atoms with Crippen LogP contribution in [-0.2, 0) is 14.3 Å². The van der Waals surface area contributed by atoms with Gasteiger partial charge in [0.2, 0.25) is 0 Å². The molecule has 0 heterocycles. The molecule has 0 aliphatic carbocycles. The van der Waals surface area contributed by atoms with E-state index in [1.807, 2.05) is 0 Å². The highest BCUT2D eigenvalue weighted by atomic mass is 16.5. The summed E-state index contributed by atoms with van der Waals surface area (Å²) in [6.45, 7) is 1.76. The van der Waals surface area contributed by atoms with Gasteiger partial charge in [-0.05, 0) is 43.3 Å². The van der Waals surface area contributed by atoms with E-state index in [1.165, 1.54) is 7.11 Å². The number of carbonyl (C=O) groups excluding carboxylic acids is 3. The molecule has 0 radical (unpaired) electrons. The zero-order valence-electron chi connectivity index (χ0n) is 15.0. The topological polar surface area (TPSA) is 103 Å². The molecule has 8 nitrogen and oxygen atoms in total. The van der Waals surface area contributed by atoms with Crippen LogP contribution in [0, 0.1) is 0 Å². The largest absolute Gasteiger partial charge is 0.484 e. The van der Waals surface area contributed by atoms with Gasteiger partial charge in [-0.3, -0.25) is 10.1 Å². The number of amides is 2. The highest BCUT2D eigenvalue weighted by Gasteiger charge is 2.08. The second kappa shape index (κ2) is 9.81. The highest BCUT2D eigenvalue weighted by molar-refractivity contribution is 5.93. The van der Waals surface area contributed by atoms with Crippen molar-refractivity contribution >= 4 is 29.3 Å². The summed E-state index contributed by atoms with van der Waals surface area (Å²) in [4.78, 5) is 34.8. The molecule has 0 saturated carbocycles. The summed E-state index contributed by atoms with van der Waals surface area (Å²) >= 11 is 0. The maximum Gasteiger partial charge on any atom is 0.411 e. The van der Waals surface area contributed by atoms with Gasteiger partial charge < -0.3 is 19.5 Å². The van der Waals surface area contributed by atoms with Crippen LogP contribution in [0.5, 0.6) is 5.75 Å². The average Bonchev–Trinajstić information content (AvgIpc) is 2.67. The second-order valence-corrected chi connectivity index (χ2v) is 5.28. The normalized spacial score (nSPS) is 9.85. The fourth-order valence-corrected chi connectivity index (χ4v) is 2.10. The van der Waals surface area contributed by atoms with Crippen LogP contribution < -0.4 is 15.4 Å². The first kappa shape index (κ1) is 19.8. The van der Waals surface area contributed by atoms with Crippen LogP contribution in [0.25, 0.3) is 0 Å². The van der Waals surface area contributed by atoms with Gasteiger partial charge in [0.15, 0.2) is 6.61 Å². The maximum atomic E-state index is 12.0. The molecule has 142 valence electrons. The van der Waals surface area contributed by atoms with Crippen LogP contribution >= 0.6 is 0 Å². The average molecular weight is 372 g/mol. The van der Waals surface area contributed by atoms with Gasteiger partial charge in [0, 0.05) is 17.4 Å². The standard InChI is InChI=1S/C19H20N2O6/c1-3-26-19(24)21-15-5-4-6-16(11-15)27-12-17(22)20-14-9-7-13(8-10-14)18(23)25-2/h4-11H,3,12H2,1-2H3,(H,20,22)(H,21,24). The summed E-state index contributed by atoms with van der Waals surface area (Å²) in [6.07, 6.45) is -0.567. The second-order valence-electron chi connectivity index (χ2n) is 5.28. The van der Waals surface area contributed by atoms with Gasteiger partial charge in [0.25, 0.3) is 5.91 Å². The van der Waals surface area contributed by atoms with E-state index in [2.05, 4.69) is 15.4 Å². The Labute approximate surface area is 156 Å². The lowest BCUT2D eigenvalue weighted by Gasteiger charge is -2.10. The third kappa shape index (κ3) is 6.35. The summed E-state index contributed by atoms with van der Waals surface area (Å²) in [5.74, 6) is -0.405. The van der Waals surface area contributed by atoms with Crippen molar-refractivity contribution in [2.24, 2.45) is 0 Å². The van der Waals surface area contributed by atoms with E-state index in [1.54, 1.807) is 55.5 Å². The molecule has 0 aromatic heterocycles. The van der Waals surface area contributed by atoms with E-state index >= 15 is 0 Å². The molecule has 8 heteroatoms. The van der Waals surface area contributed by atoms with Crippen molar-refractivity contribution in [3.63, 3.8) is 0 Å². The van der Waals surface area contributed by atoms with E-state index in [9.17, 15) is 14.4 Å². The summed E-state index contributed by atoms with van der Waals surface area (Å²) < 4.78 is 14.8. The minimum absolute atomic E-state index is 0.221. The molecule has 0 spiro atoms. The van der Waals surface area contributed by atoms with Crippen LogP contribution in [0.2, 0.25) is 0 Å². The Balaban J connectivity index is 1.86. The maximum absolute atomic E-state index is 12.0. The number of methoxy groups -OCH3 is 1. The van der Waals surface area contributed by atoms with Gasteiger partial charge >= 0.3 is 12.1 Å². The smallest absolute Gasteiger partial charge is 0.411 e. The van der Waals surface area contributed by atoms with E-state index in [-0.39, 0.29) is 19.1 Å². The van der Waals surface area contributed by atoms with Crippen molar-refractivity contribution in [2.45, 2.75) is 6.92 Å². The van der Waals surface area contributed by atoms with Crippen molar-refractivity contribution in [1.29, 1.82) is 0 Å². The number of nitrogens with one attached hydrogen (secondary N) is 2. The van der Waals surface area contributed by atoms with E-state index < -0.39 is 12.1 Å². The van der Waals surface area contributed by atoms with Crippen LogP contribution in [0.1, 0.15) is 17.3 Å². The lowest BCUT2D eigenvalue weighted by atomic mass is 10.2. The summed E-state index contributed by atoms with van der Waals surface area (Å²) in [5.41, 5.74) is 1.40. The number of esters is 1. The molecular formula is C19H20N2O6. The van der Waals surface area contributed by atoms with Crippen LogP contribution in [0.4, 0.5) is 16.2 Å². The Morgan fingerprint density at radius 3 is 2.37 bits per heavy atom. The lowest BCUT2D eigenvalue weighted by Crippen LogP contribution is -2.20. The molecule has 2 aromatic rings. The fraction of sp³-hybridized carbons (Fsp3) is 0.211. The SMILES string of the molecule is CCOC(=O)Nc1cccc(OCC(=O)Nc2ccc(C(=O)OC)cc2)c1. The zero-order chi connectivity index (χ0) is 19.6. The van der Waals surface area contributed by atoms with Crippen molar-refractivity contribution in [3.8, 4) is 5.75 Å². The van der Waals surface area contributed by atoms with E-state index in [0.29, 0.717) is 22.7 Å². The van der Waals surface area contributed by atoms with Gasteiger partial charge in [-0.25, -0.2) is 9.59 Å². The number of hydrogen-bond donors (Lipinski definition) is 2. The minimum atomic E-state index is -0.567. The number of hydrogen-bond acceptors (Lipinski definition) is 6. The lowest BCUT2D eigenvalue weighted by molar-refractivity contribution is -0.118. The Hall–Kier alpha value is -3.55. The predicted molar refractivity (Wildman–Crippen MR) is 99.0 cm³/mol. The molecular weight excluding hydrogens is 352 g/mol. The van der Waals surface area contributed by atoms with E-state index in [0.717, 1.165) is 0 Å². The van der Waals surface area contributed by atoms with Gasteiger partial charge in [0.05, 0.1) is 19.3 Å². The van der Waals surface area contributed by atoms with Crippen LogP contribution in [0.3, 0.4) is 0 Å². The first-order valence-corrected chi connectivity index (χ1v) is 8.16. The number of carbonyl (C=O) groups is 3. The number of rotatable bonds is 7. The molecule has 0 aliphatic rings. The Bertz CT molecular complexity index is 804. The molecule has 2 aromatic carbocycles.